The maximum atomic E-state index is 5.57. The lowest BCUT2D eigenvalue weighted by Crippen LogP contribution is -3.11. The van der Waals surface area contributed by atoms with Crippen molar-refractivity contribution in [3.63, 3.8) is 0 Å². The van der Waals surface area contributed by atoms with Crippen molar-refractivity contribution in [3.05, 3.63) is 58.5 Å². The zero-order valence-electron chi connectivity index (χ0n) is 14.4. The number of hydrogen-bond donors (Lipinski definition) is 1. The van der Waals surface area contributed by atoms with Gasteiger partial charge in [-0.05, 0) is 36.4 Å². The second kappa shape index (κ2) is 6.95. The Kier molecular flexibility index (Phi) is 4.32. The SMILES string of the molecule is c1csc(-c2cc(C[NH+]3CCCC[C@@H]3c3nc4ccccc4s3)no2)c1. The van der Waals surface area contributed by atoms with Crippen molar-refractivity contribution in [2.24, 2.45) is 0 Å². The van der Waals surface area contributed by atoms with E-state index in [-0.39, 0.29) is 0 Å². The van der Waals surface area contributed by atoms with Crippen LogP contribution in [0.25, 0.3) is 20.9 Å². The van der Waals surface area contributed by atoms with E-state index in [1.54, 1.807) is 16.2 Å². The number of thiophene rings is 1. The van der Waals surface area contributed by atoms with Crippen molar-refractivity contribution in [1.82, 2.24) is 10.1 Å². The standard InChI is InChI=1S/C20H19N3OS2/c1-2-8-18-15(6-1)21-20(26-18)16-7-3-4-10-23(16)13-14-12-17(24-22-14)19-9-5-11-25-19/h1-2,5-6,8-9,11-12,16H,3-4,7,10,13H2/p+1/t16-/m1/s1. The molecule has 2 atom stereocenters. The molecule has 1 N–H and O–H groups in total. The molecule has 4 nitrogen and oxygen atoms in total. The third-order valence-corrected chi connectivity index (χ3v) is 7.11. The third-order valence-electron chi connectivity index (χ3n) is 5.07. The van der Waals surface area contributed by atoms with E-state index in [9.17, 15) is 0 Å². The van der Waals surface area contributed by atoms with Crippen molar-refractivity contribution >= 4 is 32.9 Å². The number of benzene rings is 1. The number of piperidine rings is 1. The summed E-state index contributed by atoms with van der Waals surface area (Å²) in [6.07, 6.45) is 3.75. The monoisotopic (exact) mass is 382 g/mol. The van der Waals surface area contributed by atoms with E-state index in [1.165, 1.54) is 35.5 Å². The molecule has 26 heavy (non-hydrogen) atoms. The molecule has 0 radical (unpaired) electrons. The molecule has 1 aromatic carbocycles. The summed E-state index contributed by atoms with van der Waals surface area (Å²) in [5.41, 5.74) is 2.16. The number of quaternary nitrogens is 1. The Morgan fingerprint density at radius 3 is 3.00 bits per heavy atom. The van der Waals surface area contributed by atoms with Gasteiger partial charge in [0, 0.05) is 12.5 Å². The van der Waals surface area contributed by atoms with Crippen LogP contribution in [0, 0.1) is 0 Å². The lowest BCUT2D eigenvalue weighted by Gasteiger charge is -2.30. The Morgan fingerprint density at radius 2 is 2.12 bits per heavy atom. The largest absolute Gasteiger partial charge is 0.355 e. The van der Waals surface area contributed by atoms with E-state index < -0.39 is 0 Å². The molecule has 1 aliphatic heterocycles. The Labute approximate surface area is 160 Å². The molecule has 0 bridgehead atoms. The minimum atomic E-state index is 0.461. The fraction of sp³-hybridized carbons (Fsp3) is 0.300. The van der Waals surface area contributed by atoms with Gasteiger partial charge in [-0.1, -0.05) is 23.4 Å². The highest BCUT2D eigenvalue weighted by Gasteiger charge is 2.31. The first-order chi connectivity index (χ1) is 12.9. The zero-order chi connectivity index (χ0) is 17.3. The maximum Gasteiger partial charge on any atom is 0.177 e. The molecule has 4 aromatic rings. The topological polar surface area (TPSA) is 43.4 Å². The summed E-state index contributed by atoms with van der Waals surface area (Å²) in [4.78, 5) is 7.63. The molecule has 1 unspecified atom stereocenters. The Bertz CT molecular complexity index is 972. The van der Waals surface area contributed by atoms with Crippen LogP contribution in [-0.4, -0.2) is 16.7 Å². The molecule has 6 heteroatoms. The predicted molar refractivity (Wildman–Crippen MR) is 106 cm³/mol. The normalized spacial score (nSPS) is 20.6. The predicted octanol–water partition coefficient (Wildman–Crippen LogP) is 4.32. The molecule has 132 valence electrons. The van der Waals surface area contributed by atoms with Gasteiger partial charge in [0.15, 0.2) is 10.8 Å². The first-order valence-corrected chi connectivity index (χ1v) is 10.8. The van der Waals surface area contributed by atoms with Crippen molar-refractivity contribution in [2.45, 2.75) is 31.8 Å². The molecular weight excluding hydrogens is 362 g/mol. The number of rotatable bonds is 4. The van der Waals surface area contributed by atoms with Crippen LogP contribution in [0.3, 0.4) is 0 Å². The van der Waals surface area contributed by atoms with Gasteiger partial charge in [-0.2, -0.15) is 0 Å². The van der Waals surface area contributed by atoms with Crippen LogP contribution in [0.1, 0.15) is 36.0 Å². The van der Waals surface area contributed by atoms with Crippen LogP contribution in [0.15, 0.2) is 52.4 Å². The van der Waals surface area contributed by atoms with Crippen molar-refractivity contribution in [1.29, 1.82) is 0 Å². The quantitative estimate of drug-likeness (QED) is 0.571. The van der Waals surface area contributed by atoms with E-state index in [4.69, 9.17) is 9.51 Å². The van der Waals surface area contributed by atoms with Crippen molar-refractivity contribution in [3.8, 4) is 10.6 Å². The number of aromatic nitrogens is 2. The molecule has 1 saturated heterocycles. The van der Waals surface area contributed by atoms with Crippen LogP contribution in [0.2, 0.25) is 0 Å². The van der Waals surface area contributed by atoms with Crippen molar-refractivity contribution in [2.75, 3.05) is 6.54 Å². The van der Waals surface area contributed by atoms with Crippen LogP contribution in [0.5, 0.6) is 0 Å². The first kappa shape index (κ1) is 16.2. The number of hydrogen-bond acceptors (Lipinski definition) is 5. The van der Waals surface area contributed by atoms with Crippen LogP contribution >= 0.6 is 22.7 Å². The number of thiazole rings is 1. The summed E-state index contributed by atoms with van der Waals surface area (Å²) in [6.45, 7) is 2.07. The van der Waals surface area contributed by atoms with Gasteiger partial charge in [-0.3, -0.25) is 0 Å². The Morgan fingerprint density at radius 1 is 1.15 bits per heavy atom. The van der Waals surface area contributed by atoms with Crippen LogP contribution in [-0.2, 0) is 6.54 Å². The molecule has 0 spiro atoms. The summed E-state index contributed by atoms with van der Waals surface area (Å²) >= 11 is 3.53. The van der Waals surface area contributed by atoms with Gasteiger partial charge in [0.05, 0.1) is 21.6 Å². The summed E-state index contributed by atoms with van der Waals surface area (Å²) in [5, 5.41) is 7.66. The lowest BCUT2D eigenvalue weighted by molar-refractivity contribution is -0.950. The molecule has 1 fully saturated rings. The highest BCUT2D eigenvalue weighted by molar-refractivity contribution is 7.18. The van der Waals surface area contributed by atoms with Crippen molar-refractivity contribution < 1.29 is 9.42 Å². The lowest BCUT2D eigenvalue weighted by atomic mass is 10.0. The maximum absolute atomic E-state index is 5.57. The van der Waals surface area contributed by atoms with Gasteiger partial charge < -0.3 is 9.42 Å². The van der Waals surface area contributed by atoms with Gasteiger partial charge >= 0.3 is 0 Å². The van der Waals surface area contributed by atoms with Gasteiger partial charge in [0.25, 0.3) is 0 Å². The van der Waals surface area contributed by atoms with E-state index in [2.05, 4.69) is 46.9 Å². The van der Waals surface area contributed by atoms with Crippen LogP contribution < -0.4 is 4.90 Å². The van der Waals surface area contributed by atoms with E-state index >= 15 is 0 Å². The first-order valence-electron chi connectivity index (χ1n) is 9.06. The average molecular weight is 383 g/mol. The number of nitrogens with one attached hydrogen (secondary N) is 1. The zero-order valence-corrected chi connectivity index (χ0v) is 16.0. The molecule has 5 rings (SSSR count). The molecule has 0 amide bonds. The third kappa shape index (κ3) is 3.09. The smallest absolute Gasteiger partial charge is 0.177 e. The molecule has 3 aromatic heterocycles. The minimum Gasteiger partial charge on any atom is -0.355 e. The second-order valence-electron chi connectivity index (χ2n) is 6.81. The van der Waals surface area contributed by atoms with E-state index in [0.717, 1.165) is 28.4 Å². The van der Waals surface area contributed by atoms with E-state index in [1.807, 2.05) is 17.4 Å². The molecule has 1 aliphatic rings. The average Bonchev–Trinajstić information content (AvgIpc) is 3.42. The summed E-state index contributed by atoms with van der Waals surface area (Å²) in [5.74, 6) is 0.878. The van der Waals surface area contributed by atoms with E-state index in [0.29, 0.717) is 6.04 Å². The molecular formula is C20H20N3OS2+. The van der Waals surface area contributed by atoms with Gasteiger partial charge in [-0.25, -0.2) is 4.98 Å². The molecule has 4 heterocycles. The Balaban J connectivity index is 1.39. The molecule has 0 saturated carbocycles. The van der Waals surface area contributed by atoms with Gasteiger partial charge in [0.1, 0.15) is 18.3 Å². The highest BCUT2D eigenvalue weighted by atomic mass is 32.1. The highest BCUT2D eigenvalue weighted by Crippen LogP contribution is 2.29. The van der Waals surface area contributed by atoms with Gasteiger partial charge in [-0.15, -0.1) is 22.7 Å². The fourth-order valence-electron chi connectivity index (χ4n) is 3.79. The second-order valence-corrected chi connectivity index (χ2v) is 8.82. The number of fused-ring (bicyclic) bond motifs is 1. The minimum absolute atomic E-state index is 0.461. The van der Waals surface area contributed by atoms with Crippen LogP contribution in [0.4, 0.5) is 0 Å². The number of likely N-dealkylation sites (tertiary alicyclic amines) is 1. The number of nitrogens with zero attached hydrogens (tertiary/aromatic N) is 2. The van der Waals surface area contributed by atoms with Gasteiger partial charge in [0.2, 0.25) is 0 Å². The Hall–Kier alpha value is -2.02. The summed E-state index contributed by atoms with van der Waals surface area (Å²) in [7, 11) is 0. The molecule has 0 aliphatic carbocycles. The number of para-hydroxylation sites is 1. The fourth-order valence-corrected chi connectivity index (χ4v) is 5.62. The summed E-state index contributed by atoms with van der Waals surface area (Å²) in [6, 6.07) is 15.1. The summed E-state index contributed by atoms with van der Waals surface area (Å²) < 4.78 is 6.86.